The van der Waals surface area contributed by atoms with E-state index in [1.807, 2.05) is 17.5 Å². The topological polar surface area (TPSA) is 34.2 Å². The normalized spacial score (nSPS) is 22.3. The van der Waals surface area contributed by atoms with Crippen LogP contribution in [0.5, 0.6) is 0 Å². The first-order chi connectivity index (χ1) is 8.47. The minimum atomic E-state index is 0.156. The summed E-state index contributed by atoms with van der Waals surface area (Å²) in [4.78, 5) is 5.82. The first-order valence-corrected chi connectivity index (χ1v) is 7.58. The molecule has 2 unspecified atom stereocenters. The van der Waals surface area contributed by atoms with Gasteiger partial charge in [-0.3, -0.25) is 0 Å². The first-order valence-electron chi connectivity index (χ1n) is 6.77. The van der Waals surface area contributed by atoms with Crippen LogP contribution < -0.4 is 5.32 Å². The molecule has 0 bridgehead atoms. The molecule has 0 amide bonds. The summed E-state index contributed by atoms with van der Waals surface area (Å²) >= 11 is 1.81. The SMILES string of the molecule is CC(NCc1cnc(C(C)(C)C)s1)C1CCCO1. The monoisotopic (exact) mass is 268 g/mol. The lowest BCUT2D eigenvalue weighted by Crippen LogP contribution is -2.36. The number of rotatable bonds is 4. The van der Waals surface area contributed by atoms with E-state index >= 15 is 0 Å². The Morgan fingerprint density at radius 1 is 1.56 bits per heavy atom. The molecule has 102 valence electrons. The number of hydrogen-bond acceptors (Lipinski definition) is 4. The van der Waals surface area contributed by atoms with Crippen LogP contribution in [0.25, 0.3) is 0 Å². The summed E-state index contributed by atoms with van der Waals surface area (Å²) in [7, 11) is 0. The molecule has 0 aromatic carbocycles. The summed E-state index contributed by atoms with van der Waals surface area (Å²) < 4.78 is 5.69. The van der Waals surface area contributed by atoms with Gasteiger partial charge in [0.05, 0.1) is 11.1 Å². The van der Waals surface area contributed by atoms with Crippen molar-refractivity contribution in [1.29, 1.82) is 0 Å². The fourth-order valence-corrected chi connectivity index (χ4v) is 3.05. The average Bonchev–Trinajstić information content (AvgIpc) is 2.96. The highest BCUT2D eigenvalue weighted by molar-refractivity contribution is 7.11. The molecule has 1 aliphatic heterocycles. The number of ether oxygens (including phenoxy) is 1. The van der Waals surface area contributed by atoms with Crippen molar-refractivity contribution in [2.75, 3.05) is 6.61 Å². The van der Waals surface area contributed by atoms with Crippen LogP contribution in [-0.4, -0.2) is 23.7 Å². The van der Waals surface area contributed by atoms with Crippen molar-refractivity contribution in [3.63, 3.8) is 0 Å². The van der Waals surface area contributed by atoms with Crippen molar-refractivity contribution in [2.24, 2.45) is 0 Å². The maximum atomic E-state index is 5.69. The Hall–Kier alpha value is -0.450. The van der Waals surface area contributed by atoms with Crippen LogP contribution in [0.1, 0.15) is 50.4 Å². The van der Waals surface area contributed by atoms with Crippen molar-refractivity contribution in [3.8, 4) is 0 Å². The van der Waals surface area contributed by atoms with Crippen LogP contribution >= 0.6 is 11.3 Å². The molecule has 0 aliphatic carbocycles. The van der Waals surface area contributed by atoms with E-state index in [0.717, 1.165) is 13.2 Å². The van der Waals surface area contributed by atoms with Gasteiger partial charge >= 0.3 is 0 Å². The molecule has 1 saturated heterocycles. The van der Waals surface area contributed by atoms with E-state index in [1.54, 1.807) is 0 Å². The number of thiazole rings is 1. The Morgan fingerprint density at radius 2 is 2.33 bits per heavy atom. The highest BCUT2D eigenvalue weighted by Crippen LogP contribution is 2.26. The first kappa shape index (κ1) is 14.0. The molecule has 0 spiro atoms. The van der Waals surface area contributed by atoms with Crippen molar-refractivity contribution >= 4 is 11.3 Å². The lowest BCUT2D eigenvalue weighted by Gasteiger charge is -2.19. The van der Waals surface area contributed by atoms with Gasteiger partial charge in [0.1, 0.15) is 0 Å². The minimum Gasteiger partial charge on any atom is -0.377 e. The summed E-state index contributed by atoms with van der Waals surface area (Å²) in [5, 5.41) is 4.76. The van der Waals surface area contributed by atoms with Gasteiger partial charge in [0.2, 0.25) is 0 Å². The number of hydrogen-bond donors (Lipinski definition) is 1. The molecule has 18 heavy (non-hydrogen) atoms. The summed E-state index contributed by atoms with van der Waals surface area (Å²) in [6.45, 7) is 10.6. The van der Waals surface area contributed by atoms with Gasteiger partial charge in [-0.05, 0) is 19.8 Å². The lowest BCUT2D eigenvalue weighted by atomic mass is 9.98. The van der Waals surface area contributed by atoms with Crippen LogP contribution in [0.3, 0.4) is 0 Å². The zero-order chi connectivity index (χ0) is 13.2. The molecule has 1 aromatic heterocycles. The maximum Gasteiger partial charge on any atom is 0.0981 e. The third-order valence-corrected chi connectivity index (χ3v) is 4.74. The highest BCUT2D eigenvalue weighted by Gasteiger charge is 2.22. The maximum absolute atomic E-state index is 5.69. The summed E-state index contributed by atoms with van der Waals surface area (Å²) in [5.41, 5.74) is 0.156. The van der Waals surface area contributed by atoms with Crippen LogP contribution in [0.4, 0.5) is 0 Å². The van der Waals surface area contributed by atoms with Gasteiger partial charge in [-0.2, -0.15) is 0 Å². The Labute approximate surface area is 114 Å². The van der Waals surface area contributed by atoms with Crippen LogP contribution in [-0.2, 0) is 16.7 Å². The summed E-state index contributed by atoms with van der Waals surface area (Å²) in [5.74, 6) is 0. The fraction of sp³-hybridized carbons (Fsp3) is 0.786. The molecule has 1 N–H and O–H groups in total. The molecule has 2 atom stereocenters. The number of nitrogens with zero attached hydrogens (tertiary/aromatic N) is 1. The predicted molar refractivity (Wildman–Crippen MR) is 76.1 cm³/mol. The van der Waals surface area contributed by atoms with E-state index in [2.05, 4.69) is 38.0 Å². The van der Waals surface area contributed by atoms with Crippen LogP contribution in [0.15, 0.2) is 6.20 Å². The van der Waals surface area contributed by atoms with E-state index < -0.39 is 0 Å². The minimum absolute atomic E-state index is 0.156. The van der Waals surface area contributed by atoms with Crippen molar-refractivity contribution in [2.45, 2.75) is 64.6 Å². The van der Waals surface area contributed by atoms with Crippen LogP contribution in [0.2, 0.25) is 0 Å². The second-order valence-electron chi connectivity index (χ2n) is 6.10. The van der Waals surface area contributed by atoms with Crippen molar-refractivity contribution in [3.05, 3.63) is 16.1 Å². The Bertz CT molecular complexity index is 377. The van der Waals surface area contributed by atoms with Gasteiger partial charge < -0.3 is 10.1 Å². The van der Waals surface area contributed by atoms with E-state index in [4.69, 9.17) is 4.74 Å². The van der Waals surface area contributed by atoms with E-state index in [0.29, 0.717) is 12.1 Å². The fourth-order valence-electron chi connectivity index (χ4n) is 2.13. The molecule has 2 heterocycles. The van der Waals surface area contributed by atoms with Gasteiger partial charge in [0, 0.05) is 35.7 Å². The average molecular weight is 268 g/mol. The quantitative estimate of drug-likeness (QED) is 0.911. The van der Waals surface area contributed by atoms with E-state index in [9.17, 15) is 0 Å². The van der Waals surface area contributed by atoms with Gasteiger partial charge in [0.25, 0.3) is 0 Å². The lowest BCUT2D eigenvalue weighted by molar-refractivity contribution is 0.0833. The molecular weight excluding hydrogens is 244 g/mol. The third-order valence-electron chi connectivity index (χ3n) is 3.32. The molecule has 2 rings (SSSR count). The summed E-state index contributed by atoms with van der Waals surface area (Å²) in [6, 6.07) is 0.424. The molecule has 1 fully saturated rings. The van der Waals surface area contributed by atoms with Gasteiger partial charge in [-0.1, -0.05) is 20.8 Å². The second kappa shape index (κ2) is 5.68. The number of aromatic nitrogens is 1. The smallest absolute Gasteiger partial charge is 0.0981 e. The van der Waals surface area contributed by atoms with Crippen molar-refractivity contribution < 1.29 is 4.74 Å². The van der Waals surface area contributed by atoms with Crippen molar-refractivity contribution in [1.82, 2.24) is 10.3 Å². The Morgan fingerprint density at radius 3 is 2.89 bits per heavy atom. The van der Waals surface area contributed by atoms with E-state index in [-0.39, 0.29) is 5.41 Å². The Kier molecular flexibility index (Phi) is 4.41. The second-order valence-corrected chi connectivity index (χ2v) is 7.22. The molecule has 1 aliphatic rings. The molecule has 0 saturated carbocycles. The number of nitrogens with one attached hydrogen (secondary N) is 1. The third kappa shape index (κ3) is 3.53. The molecule has 3 nitrogen and oxygen atoms in total. The molecule has 4 heteroatoms. The predicted octanol–water partition coefficient (Wildman–Crippen LogP) is 3.10. The highest BCUT2D eigenvalue weighted by atomic mass is 32.1. The Balaban J connectivity index is 1.84. The van der Waals surface area contributed by atoms with E-state index in [1.165, 1.54) is 22.7 Å². The molecule has 1 aromatic rings. The summed E-state index contributed by atoms with van der Waals surface area (Å²) in [6.07, 6.45) is 4.77. The molecule has 0 radical (unpaired) electrons. The zero-order valence-corrected chi connectivity index (χ0v) is 12.6. The van der Waals surface area contributed by atoms with Gasteiger partial charge in [0.15, 0.2) is 0 Å². The zero-order valence-electron chi connectivity index (χ0n) is 11.8. The standard InChI is InChI=1S/C14H24N2OS/c1-10(12-6-5-7-17-12)15-8-11-9-16-13(18-11)14(2,3)4/h9-10,12,15H,5-8H2,1-4H3. The molecular formula is C14H24N2OS. The largest absolute Gasteiger partial charge is 0.377 e. The van der Waals surface area contributed by atoms with Gasteiger partial charge in [-0.15, -0.1) is 11.3 Å². The van der Waals surface area contributed by atoms with Gasteiger partial charge in [-0.25, -0.2) is 4.98 Å². The van der Waals surface area contributed by atoms with Crippen LogP contribution in [0, 0.1) is 0 Å².